The fourth-order valence-corrected chi connectivity index (χ4v) is 5.92. The Hall–Kier alpha value is -3.71. The summed E-state index contributed by atoms with van der Waals surface area (Å²) in [7, 11) is 0. The molecule has 4 aromatic rings. The number of hydrogen-bond acceptors (Lipinski definition) is 4. The fourth-order valence-electron chi connectivity index (χ4n) is 5.92. The predicted octanol–water partition coefficient (Wildman–Crippen LogP) is 6.72. The Kier molecular flexibility index (Phi) is 5.80. The summed E-state index contributed by atoms with van der Waals surface area (Å²) in [6.45, 7) is 6.37. The van der Waals surface area contributed by atoms with E-state index in [9.17, 15) is 13.6 Å². The summed E-state index contributed by atoms with van der Waals surface area (Å²) in [6, 6.07) is 19.7. The van der Waals surface area contributed by atoms with Crippen LogP contribution in [0.4, 0.5) is 8.78 Å². The first-order chi connectivity index (χ1) is 18.2. The van der Waals surface area contributed by atoms with E-state index in [1.807, 2.05) is 53.1 Å². The molecule has 0 radical (unpaired) electrons. The van der Waals surface area contributed by atoms with Crippen molar-refractivity contribution in [3.63, 3.8) is 0 Å². The second-order valence-electron chi connectivity index (χ2n) is 10.9. The molecule has 3 aromatic carbocycles. The lowest BCUT2D eigenvalue weighted by atomic mass is 9.67. The maximum Gasteiger partial charge on any atom is 0.302 e. The van der Waals surface area contributed by atoms with Gasteiger partial charge >= 0.3 is 5.97 Å². The zero-order valence-electron chi connectivity index (χ0n) is 21.6. The van der Waals surface area contributed by atoms with Crippen LogP contribution in [0.15, 0.2) is 66.7 Å². The first-order valence-electron chi connectivity index (χ1n) is 12.8. The van der Waals surface area contributed by atoms with Crippen LogP contribution >= 0.6 is 0 Å². The maximum atomic E-state index is 14.5. The highest BCUT2D eigenvalue weighted by molar-refractivity contribution is 5.94. The molecule has 196 valence electrons. The molecule has 0 atom stereocenters. The minimum absolute atomic E-state index is 0.249. The number of benzene rings is 3. The van der Waals surface area contributed by atoms with Crippen molar-refractivity contribution in [1.29, 1.82) is 0 Å². The molecule has 0 saturated heterocycles. The first-order valence-corrected chi connectivity index (χ1v) is 12.8. The number of esters is 1. The van der Waals surface area contributed by atoms with Gasteiger partial charge in [-0.05, 0) is 29.8 Å². The van der Waals surface area contributed by atoms with Crippen LogP contribution in [0.1, 0.15) is 50.4 Å². The quantitative estimate of drug-likeness (QED) is 0.276. The molecule has 1 aromatic heterocycles. The summed E-state index contributed by atoms with van der Waals surface area (Å²) in [5, 5.41) is 0.872. The Morgan fingerprint density at radius 3 is 2.50 bits per heavy atom. The van der Waals surface area contributed by atoms with E-state index in [1.54, 1.807) is 6.07 Å². The summed E-state index contributed by atoms with van der Waals surface area (Å²) in [5.74, 6) is -1.45. The molecule has 6 rings (SSSR count). The molecule has 1 aliphatic heterocycles. The van der Waals surface area contributed by atoms with Crippen LogP contribution in [0.3, 0.4) is 0 Å². The summed E-state index contributed by atoms with van der Waals surface area (Å²) >= 11 is 0. The van der Waals surface area contributed by atoms with Crippen molar-refractivity contribution in [3.8, 4) is 11.4 Å². The van der Waals surface area contributed by atoms with Gasteiger partial charge in [-0.1, -0.05) is 50.2 Å². The van der Waals surface area contributed by atoms with E-state index in [4.69, 9.17) is 14.2 Å². The second kappa shape index (κ2) is 8.95. The minimum atomic E-state index is -0.910. The van der Waals surface area contributed by atoms with Crippen LogP contribution in [0.25, 0.3) is 16.6 Å². The molecule has 0 N–H and O–H groups in total. The van der Waals surface area contributed by atoms with E-state index in [0.29, 0.717) is 37.5 Å². The lowest BCUT2D eigenvalue weighted by molar-refractivity contribution is -0.198. The van der Waals surface area contributed by atoms with Gasteiger partial charge in [0.05, 0.1) is 12.1 Å². The van der Waals surface area contributed by atoms with Crippen LogP contribution in [0, 0.1) is 11.6 Å². The highest BCUT2D eigenvalue weighted by Crippen LogP contribution is 2.57. The highest BCUT2D eigenvalue weighted by Gasteiger charge is 2.56. The molecule has 7 heteroatoms. The van der Waals surface area contributed by atoms with Crippen LogP contribution in [0.5, 0.6) is 5.75 Å². The Bertz CT molecular complexity index is 1540. The minimum Gasteiger partial charge on any atom is -0.488 e. The third-order valence-electron chi connectivity index (χ3n) is 7.61. The van der Waals surface area contributed by atoms with Gasteiger partial charge in [-0.3, -0.25) is 4.79 Å². The van der Waals surface area contributed by atoms with Gasteiger partial charge < -0.3 is 18.8 Å². The van der Waals surface area contributed by atoms with Gasteiger partial charge in [-0.25, -0.2) is 8.78 Å². The molecule has 0 amide bonds. The number of aromatic nitrogens is 1. The van der Waals surface area contributed by atoms with Crippen molar-refractivity contribution >= 4 is 16.9 Å². The zero-order valence-corrected chi connectivity index (χ0v) is 21.6. The van der Waals surface area contributed by atoms with Crippen LogP contribution in [-0.2, 0) is 31.9 Å². The standard InChI is InChI=1S/C31H29F2NO4/c1-19(35)38-22-15-31(16-22)28-27-25(10-7-11-26(27)36-17-20-8-5-4-6-9-20)34(29(28)30(2,3)18-37-31)21-12-13-23(32)24(33)14-21/h4-14,22H,15-18H2,1-3H3/t22-,31-. The van der Waals surface area contributed by atoms with Gasteiger partial charge in [0.15, 0.2) is 11.6 Å². The Labute approximate surface area is 219 Å². The molecule has 1 aliphatic carbocycles. The number of rotatable bonds is 5. The predicted molar refractivity (Wildman–Crippen MR) is 139 cm³/mol. The van der Waals surface area contributed by atoms with Gasteiger partial charge in [-0.15, -0.1) is 0 Å². The molecule has 2 aliphatic rings. The lowest BCUT2D eigenvalue weighted by Gasteiger charge is -2.52. The van der Waals surface area contributed by atoms with Gasteiger partial charge in [-0.2, -0.15) is 0 Å². The smallest absolute Gasteiger partial charge is 0.302 e. The zero-order chi connectivity index (χ0) is 26.7. The molecule has 1 spiro atoms. The van der Waals surface area contributed by atoms with Crippen LogP contribution < -0.4 is 4.74 Å². The van der Waals surface area contributed by atoms with Crippen LogP contribution in [-0.4, -0.2) is 23.2 Å². The van der Waals surface area contributed by atoms with Gasteiger partial charge in [0.2, 0.25) is 0 Å². The Balaban J connectivity index is 1.58. The normalized spacial score (nSPS) is 21.7. The molecular weight excluding hydrogens is 488 g/mol. The first kappa shape index (κ1) is 24.6. The van der Waals surface area contributed by atoms with E-state index in [2.05, 4.69) is 13.8 Å². The highest BCUT2D eigenvalue weighted by atomic mass is 19.2. The number of hydrogen-bond donors (Lipinski definition) is 0. The summed E-state index contributed by atoms with van der Waals surface area (Å²) in [5.41, 5.74) is 3.16. The third kappa shape index (κ3) is 3.97. The number of carbonyl (C=O) groups is 1. The molecule has 0 unspecified atom stereocenters. The lowest BCUT2D eigenvalue weighted by Crippen LogP contribution is -2.54. The van der Waals surface area contributed by atoms with Crippen molar-refractivity contribution in [2.24, 2.45) is 0 Å². The molecular formula is C31H29F2NO4. The van der Waals surface area contributed by atoms with Gasteiger partial charge in [0, 0.05) is 53.6 Å². The molecule has 0 bridgehead atoms. The molecule has 5 nitrogen and oxygen atoms in total. The van der Waals surface area contributed by atoms with Crippen molar-refractivity contribution < 1.29 is 27.8 Å². The SMILES string of the molecule is CC(=O)O[C@H]1C[C@@]2(C1)OCC(C)(C)c1c2c2c(OCc3ccccc3)cccc2n1-c1ccc(F)c(F)c1. The van der Waals surface area contributed by atoms with Gasteiger partial charge in [0.25, 0.3) is 0 Å². The number of carbonyl (C=O) groups excluding carboxylic acids is 1. The van der Waals surface area contributed by atoms with E-state index in [0.717, 1.165) is 33.8 Å². The average Bonchev–Trinajstić information content (AvgIpc) is 3.23. The van der Waals surface area contributed by atoms with Crippen molar-refractivity contribution in [1.82, 2.24) is 4.57 Å². The van der Waals surface area contributed by atoms with E-state index in [1.165, 1.54) is 13.0 Å². The fraction of sp³-hybridized carbons (Fsp3) is 0.323. The monoisotopic (exact) mass is 517 g/mol. The summed E-state index contributed by atoms with van der Waals surface area (Å²) in [4.78, 5) is 11.6. The topological polar surface area (TPSA) is 49.7 Å². The Morgan fingerprint density at radius 2 is 1.79 bits per heavy atom. The molecule has 1 fully saturated rings. The molecule has 38 heavy (non-hydrogen) atoms. The number of halogens is 2. The molecule has 1 saturated carbocycles. The van der Waals surface area contributed by atoms with Crippen molar-refractivity contribution in [2.75, 3.05) is 6.61 Å². The van der Waals surface area contributed by atoms with E-state index in [-0.39, 0.29) is 12.1 Å². The summed E-state index contributed by atoms with van der Waals surface area (Å²) < 4.78 is 48.9. The molecule has 2 heterocycles. The number of ether oxygens (including phenoxy) is 3. The largest absolute Gasteiger partial charge is 0.488 e. The van der Waals surface area contributed by atoms with Gasteiger partial charge in [0.1, 0.15) is 24.1 Å². The van der Waals surface area contributed by atoms with Crippen molar-refractivity contribution in [2.45, 2.75) is 57.3 Å². The number of fused-ring (bicyclic) bond motifs is 4. The van der Waals surface area contributed by atoms with Crippen LogP contribution in [0.2, 0.25) is 0 Å². The number of nitrogens with zero attached hydrogens (tertiary/aromatic N) is 1. The second-order valence-corrected chi connectivity index (χ2v) is 10.9. The Morgan fingerprint density at radius 1 is 1.03 bits per heavy atom. The van der Waals surface area contributed by atoms with E-state index < -0.39 is 22.7 Å². The van der Waals surface area contributed by atoms with Crippen molar-refractivity contribution in [3.05, 3.63) is 95.2 Å². The maximum absolute atomic E-state index is 14.5. The average molecular weight is 518 g/mol. The van der Waals surface area contributed by atoms with E-state index >= 15 is 0 Å². The third-order valence-corrected chi connectivity index (χ3v) is 7.61. The summed E-state index contributed by atoms with van der Waals surface area (Å²) in [6.07, 6.45) is 0.778.